The highest BCUT2D eigenvalue weighted by atomic mass is 16.5. The van der Waals surface area contributed by atoms with Crippen LogP contribution < -0.4 is 4.74 Å². The highest BCUT2D eigenvalue weighted by molar-refractivity contribution is 5.95. The number of pyridine rings is 1. The summed E-state index contributed by atoms with van der Waals surface area (Å²) in [4.78, 5) is 32.4. The molecule has 9 nitrogen and oxygen atoms in total. The van der Waals surface area contributed by atoms with E-state index in [0.717, 1.165) is 37.2 Å². The summed E-state index contributed by atoms with van der Waals surface area (Å²) in [6, 6.07) is 18.4. The molecule has 0 radical (unpaired) electrons. The number of morpholine rings is 1. The van der Waals surface area contributed by atoms with Gasteiger partial charge in [0, 0.05) is 56.1 Å². The van der Waals surface area contributed by atoms with Gasteiger partial charge in [0.25, 0.3) is 5.91 Å². The number of carbonyl (C=O) groups is 2. The Balaban J connectivity index is 1.47. The molecule has 1 saturated heterocycles. The van der Waals surface area contributed by atoms with Gasteiger partial charge in [0.1, 0.15) is 5.75 Å². The van der Waals surface area contributed by atoms with Crippen LogP contribution in [0.15, 0.2) is 73.1 Å². The van der Waals surface area contributed by atoms with E-state index in [9.17, 15) is 14.7 Å². The fraction of sp³-hybridized carbons (Fsp3) is 0.406. The monoisotopic (exact) mass is 561 g/mol. The Morgan fingerprint density at radius 2 is 1.63 bits per heavy atom. The van der Waals surface area contributed by atoms with Crippen molar-refractivity contribution in [2.45, 2.75) is 38.3 Å². The van der Waals surface area contributed by atoms with Gasteiger partial charge in [-0.25, -0.2) is 0 Å². The molecule has 41 heavy (non-hydrogen) atoms. The van der Waals surface area contributed by atoms with E-state index in [0.29, 0.717) is 62.5 Å². The molecule has 1 aliphatic rings. The molecule has 1 amide bonds. The van der Waals surface area contributed by atoms with Gasteiger partial charge < -0.3 is 24.6 Å². The van der Waals surface area contributed by atoms with Crippen LogP contribution in [0.4, 0.5) is 0 Å². The van der Waals surface area contributed by atoms with Crippen molar-refractivity contribution in [3.8, 4) is 16.9 Å². The van der Waals surface area contributed by atoms with Crippen molar-refractivity contribution in [2.75, 3.05) is 46.0 Å². The maximum absolute atomic E-state index is 13.8. The van der Waals surface area contributed by atoms with E-state index in [-0.39, 0.29) is 12.3 Å². The molecule has 1 unspecified atom stereocenters. The van der Waals surface area contributed by atoms with Gasteiger partial charge in [0.15, 0.2) is 6.23 Å². The van der Waals surface area contributed by atoms with Crippen LogP contribution in [-0.4, -0.2) is 82.9 Å². The number of carboxylic acid groups (broad SMARTS) is 1. The first kappa shape index (κ1) is 30.2. The summed E-state index contributed by atoms with van der Waals surface area (Å²) >= 11 is 0. The molecule has 0 aliphatic carbocycles. The predicted octanol–water partition coefficient (Wildman–Crippen LogP) is 4.63. The van der Waals surface area contributed by atoms with Crippen molar-refractivity contribution < 1.29 is 29.3 Å². The third kappa shape index (κ3) is 9.11. The first-order chi connectivity index (χ1) is 20.0. The average molecular weight is 562 g/mol. The van der Waals surface area contributed by atoms with E-state index >= 15 is 0 Å². The smallest absolute Gasteiger partial charge is 0.303 e. The summed E-state index contributed by atoms with van der Waals surface area (Å²) in [5, 5.41) is 20.4. The van der Waals surface area contributed by atoms with Crippen molar-refractivity contribution in [3.63, 3.8) is 0 Å². The molecule has 2 aromatic carbocycles. The second-order valence-corrected chi connectivity index (χ2v) is 10.1. The molecule has 4 rings (SSSR count). The number of aliphatic carboxylic acids is 1. The summed E-state index contributed by atoms with van der Waals surface area (Å²) in [6.07, 6.45) is 5.13. The molecule has 2 heterocycles. The van der Waals surface area contributed by atoms with E-state index in [4.69, 9.17) is 14.6 Å². The van der Waals surface area contributed by atoms with Gasteiger partial charge in [0.2, 0.25) is 0 Å². The molecular formula is C32H39N3O6. The van der Waals surface area contributed by atoms with Crippen molar-refractivity contribution in [1.29, 1.82) is 0 Å². The Morgan fingerprint density at radius 3 is 2.37 bits per heavy atom. The number of benzene rings is 2. The number of hydrogen-bond donors (Lipinski definition) is 2. The summed E-state index contributed by atoms with van der Waals surface area (Å²) < 4.78 is 11.4. The molecule has 1 aliphatic heterocycles. The lowest BCUT2D eigenvalue weighted by Gasteiger charge is -2.31. The predicted molar refractivity (Wildman–Crippen MR) is 156 cm³/mol. The quantitative estimate of drug-likeness (QED) is 0.204. The highest BCUT2D eigenvalue weighted by Gasteiger charge is 2.27. The molecule has 1 fully saturated rings. The van der Waals surface area contributed by atoms with Crippen LogP contribution in [-0.2, 0) is 9.53 Å². The number of nitrogens with zero attached hydrogens (tertiary/aromatic N) is 3. The maximum Gasteiger partial charge on any atom is 0.303 e. The van der Waals surface area contributed by atoms with Crippen LogP contribution >= 0.6 is 0 Å². The number of ether oxygens (including phenoxy) is 2. The van der Waals surface area contributed by atoms with Crippen LogP contribution in [0.1, 0.15) is 54.3 Å². The fourth-order valence-electron chi connectivity index (χ4n) is 4.87. The van der Waals surface area contributed by atoms with Gasteiger partial charge in [-0.1, -0.05) is 30.3 Å². The minimum absolute atomic E-state index is 0.139. The molecular weight excluding hydrogens is 522 g/mol. The normalized spacial score (nSPS) is 14.4. The number of hydrogen-bond acceptors (Lipinski definition) is 7. The average Bonchev–Trinajstić information content (AvgIpc) is 3.01. The minimum atomic E-state index is -1.20. The van der Waals surface area contributed by atoms with E-state index < -0.39 is 12.2 Å². The van der Waals surface area contributed by atoms with Crippen LogP contribution in [0, 0.1) is 0 Å². The van der Waals surface area contributed by atoms with Crippen LogP contribution in [0.5, 0.6) is 5.75 Å². The minimum Gasteiger partial charge on any atom is -0.493 e. The second kappa shape index (κ2) is 15.9. The lowest BCUT2D eigenvalue weighted by molar-refractivity contribution is -0.137. The molecule has 0 bridgehead atoms. The van der Waals surface area contributed by atoms with Crippen molar-refractivity contribution in [1.82, 2.24) is 14.8 Å². The highest BCUT2D eigenvalue weighted by Crippen LogP contribution is 2.30. The summed E-state index contributed by atoms with van der Waals surface area (Å²) in [6.45, 7) is 4.69. The first-order valence-electron chi connectivity index (χ1n) is 14.3. The van der Waals surface area contributed by atoms with Gasteiger partial charge in [0.05, 0.1) is 19.8 Å². The van der Waals surface area contributed by atoms with Crippen molar-refractivity contribution >= 4 is 11.9 Å². The number of amides is 1. The third-order valence-corrected chi connectivity index (χ3v) is 7.17. The topological polar surface area (TPSA) is 112 Å². The zero-order valence-electron chi connectivity index (χ0n) is 23.4. The zero-order valence-corrected chi connectivity index (χ0v) is 23.4. The first-order valence-corrected chi connectivity index (χ1v) is 14.3. The summed E-state index contributed by atoms with van der Waals surface area (Å²) in [5.74, 6) is -0.550. The van der Waals surface area contributed by atoms with Crippen LogP contribution in [0.3, 0.4) is 0 Å². The second-order valence-electron chi connectivity index (χ2n) is 10.1. The van der Waals surface area contributed by atoms with E-state index in [1.54, 1.807) is 36.7 Å². The Bertz CT molecular complexity index is 1230. The van der Waals surface area contributed by atoms with E-state index in [1.807, 2.05) is 36.4 Å². The Labute approximate surface area is 241 Å². The van der Waals surface area contributed by atoms with Gasteiger partial charge in [-0.2, -0.15) is 0 Å². The van der Waals surface area contributed by atoms with Gasteiger partial charge >= 0.3 is 5.97 Å². The molecule has 218 valence electrons. The van der Waals surface area contributed by atoms with Gasteiger partial charge in [-0.3, -0.25) is 19.5 Å². The van der Waals surface area contributed by atoms with Gasteiger partial charge in [-0.15, -0.1) is 0 Å². The Morgan fingerprint density at radius 1 is 0.927 bits per heavy atom. The molecule has 2 N–H and O–H groups in total. The summed E-state index contributed by atoms with van der Waals surface area (Å²) in [5.41, 5.74) is 3.00. The number of unbranched alkanes of at least 4 members (excludes halogenated alkanes) is 2. The SMILES string of the molecule is O=C(O)CCCCCOc1ccccc1C(O)N(CCCN1CCOCC1)C(=O)c1ccc(-c2ccncc2)cc1. The number of carboxylic acids is 1. The van der Waals surface area contributed by atoms with Gasteiger partial charge in [-0.05, 0) is 67.1 Å². The Kier molecular flexibility index (Phi) is 11.7. The molecule has 0 spiro atoms. The molecule has 1 atom stereocenters. The number of aromatic nitrogens is 1. The van der Waals surface area contributed by atoms with Crippen LogP contribution in [0.25, 0.3) is 11.1 Å². The van der Waals surface area contributed by atoms with E-state index in [1.165, 1.54) is 4.90 Å². The largest absolute Gasteiger partial charge is 0.493 e. The standard InChI is InChI=1S/C32H39N3O6/c36-30(37)9-2-1-5-22-41-29-8-4-3-7-28(29)32(39)35(19-6-18-34-20-23-40-24-21-34)31(38)27-12-10-25(11-13-27)26-14-16-33-17-15-26/h3-4,7-8,10-17,32,39H,1-2,5-6,9,18-24H2,(H,36,37). The molecule has 3 aromatic rings. The molecule has 1 aromatic heterocycles. The molecule has 9 heteroatoms. The van der Waals surface area contributed by atoms with Crippen molar-refractivity contribution in [2.24, 2.45) is 0 Å². The van der Waals surface area contributed by atoms with Crippen LogP contribution in [0.2, 0.25) is 0 Å². The third-order valence-electron chi connectivity index (χ3n) is 7.17. The zero-order chi connectivity index (χ0) is 28.9. The van der Waals surface area contributed by atoms with Crippen molar-refractivity contribution in [3.05, 3.63) is 84.2 Å². The lowest BCUT2D eigenvalue weighted by atomic mass is 10.0. The number of carbonyl (C=O) groups excluding carboxylic acids is 1. The number of para-hydroxylation sites is 1. The fourth-order valence-corrected chi connectivity index (χ4v) is 4.87. The number of aliphatic hydroxyl groups excluding tert-OH is 1. The maximum atomic E-state index is 13.8. The lowest BCUT2D eigenvalue weighted by Crippen LogP contribution is -2.40. The number of rotatable bonds is 15. The van der Waals surface area contributed by atoms with E-state index in [2.05, 4.69) is 9.88 Å². The summed E-state index contributed by atoms with van der Waals surface area (Å²) in [7, 11) is 0. The Hall–Kier alpha value is -3.79. The molecule has 0 saturated carbocycles. The number of aliphatic hydroxyl groups is 1.